The fraction of sp³-hybridized carbons (Fsp3) is 0.160. The van der Waals surface area contributed by atoms with E-state index in [1.165, 1.54) is 4.90 Å². The molecule has 1 aromatic heterocycles. The third-order valence-corrected chi connectivity index (χ3v) is 5.63. The maximum atomic E-state index is 13.1. The molecule has 0 aliphatic carbocycles. The van der Waals surface area contributed by atoms with Crippen LogP contribution in [-0.4, -0.2) is 21.8 Å². The molecule has 1 aliphatic rings. The van der Waals surface area contributed by atoms with E-state index >= 15 is 0 Å². The van der Waals surface area contributed by atoms with Gasteiger partial charge in [-0.15, -0.1) is 0 Å². The molecule has 1 saturated heterocycles. The summed E-state index contributed by atoms with van der Waals surface area (Å²) in [7, 11) is 0. The first-order chi connectivity index (χ1) is 14.9. The van der Waals surface area contributed by atoms with Crippen molar-refractivity contribution in [3.8, 4) is 0 Å². The van der Waals surface area contributed by atoms with Crippen LogP contribution < -0.4 is 4.90 Å². The zero-order valence-corrected chi connectivity index (χ0v) is 17.9. The lowest BCUT2D eigenvalue weighted by Crippen LogP contribution is -2.30. The minimum Gasteiger partial charge on any atom is -0.507 e. The summed E-state index contributed by atoms with van der Waals surface area (Å²) in [5.74, 6) is -1.04. The Bertz CT molecular complexity index is 1150. The first-order valence-corrected chi connectivity index (χ1v) is 10.3. The summed E-state index contributed by atoms with van der Waals surface area (Å²) in [5.41, 5.74) is 2.28. The van der Waals surface area contributed by atoms with E-state index in [1.54, 1.807) is 48.7 Å². The minimum absolute atomic E-state index is 0.0234. The van der Waals surface area contributed by atoms with Crippen molar-refractivity contribution in [2.75, 3.05) is 4.90 Å². The largest absolute Gasteiger partial charge is 0.507 e. The normalized spacial score (nSPS) is 18.1. The Labute approximate surface area is 185 Å². The average Bonchev–Trinajstić information content (AvgIpc) is 3.05. The van der Waals surface area contributed by atoms with Gasteiger partial charge in [-0.05, 0) is 53.4 Å². The van der Waals surface area contributed by atoms with Crippen LogP contribution in [0.1, 0.15) is 42.5 Å². The first-order valence-electron chi connectivity index (χ1n) is 9.96. The smallest absolute Gasteiger partial charge is 0.301 e. The average molecular weight is 433 g/mol. The number of carbonyl (C=O) groups excluding carboxylic acids is 2. The fourth-order valence-corrected chi connectivity index (χ4v) is 3.83. The highest BCUT2D eigenvalue weighted by Gasteiger charge is 2.47. The van der Waals surface area contributed by atoms with Crippen LogP contribution in [0.5, 0.6) is 0 Å². The van der Waals surface area contributed by atoms with Gasteiger partial charge in [0.2, 0.25) is 0 Å². The molecular weight excluding hydrogens is 412 g/mol. The van der Waals surface area contributed by atoms with Gasteiger partial charge in [-0.3, -0.25) is 14.5 Å². The van der Waals surface area contributed by atoms with E-state index in [-0.39, 0.29) is 11.3 Å². The van der Waals surface area contributed by atoms with Crippen molar-refractivity contribution in [2.45, 2.75) is 25.8 Å². The zero-order chi connectivity index (χ0) is 22.1. The molecule has 2 aromatic carbocycles. The van der Waals surface area contributed by atoms with E-state index < -0.39 is 17.7 Å². The molecule has 31 heavy (non-hydrogen) atoms. The molecule has 0 radical (unpaired) electrons. The standard InChI is InChI=1S/C25H21ClN2O3/c1-15(2)16-6-8-17(9-7-16)22-21(23(29)18-10-12-19(26)13-11-18)24(30)25(31)28(22)20-5-3-4-14-27-20/h3-15,22,29H,1-2H3/t22-/m1/s1. The van der Waals surface area contributed by atoms with Crippen molar-refractivity contribution in [3.63, 3.8) is 0 Å². The molecule has 1 amide bonds. The highest BCUT2D eigenvalue weighted by atomic mass is 35.5. The summed E-state index contributed by atoms with van der Waals surface area (Å²) in [6, 6.07) is 18.6. The molecule has 5 nitrogen and oxygen atoms in total. The zero-order valence-electron chi connectivity index (χ0n) is 17.1. The molecule has 0 saturated carbocycles. The van der Waals surface area contributed by atoms with E-state index in [4.69, 9.17) is 11.6 Å². The number of ketones is 1. The van der Waals surface area contributed by atoms with Gasteiger partial charge >= 0.3 is 5.91 Å². The number of hydrogen-bond donors (Lipinski definition) is 1. The Kier molecular flexibility index (Phi) is 5.61. The van der Waals surface area contributed by atoms with Gasteiger partial charge in [0.05, 0.1) is 11.6 Å². The van der Waals surface area contributed by atoms with Crippen molar-refractivity contribution in [1.29, 1.82) is 0 Å². The molecule has 0 spiro atoms. The van der Waals surface area contributed by atoms with Gasteiger partial charge in [0.1, 0.15) is 11.6 Å². The summed E-state index contributed by atoms with van der Waals surface area (Å²) in [6.07, 6.45) is 1.56. The van der Waals surface area contributed by atoms with Gasteiger partial charge in [0.15, 0.2) is 0 Å². The number of anilines is 1. The predicted molar refractivity (Wildman–Crippen MR) is 121 cm³/mol. The van der Waals surface area contributed by atoms with Gasteiger partial charge in [-0.25, -0.2) is 4.98 Å². The number of halogens is 1. The lowest BCUT2D eigenvalue weighted by molar-refractivity contribution is -0.132. The van der Waals surface area contributed by atoms with Crippen molar-refractivity contribution < 1.29 is 14.7 Å². The number of rotatable bonds is 4. The van der Waals surface area contributed by atoms with Crippen LogP contribution >= 0.6 is 11.6 Å². The topological polar surface area (TPSA) is 70.5 Å². The summed E-state index contributed by atoms with van der Waals surface area (Å²) < 4.78 is 0. The van der Waals surface area contributed by atoms with Gasteiger partial charge in [-0.2, -0.15) is 0 Å². The third kappa shape index (κ3) is 3.84. The summed E-state index contributed by atoms with van der Waals surface area (Å²) >= 11 is 5.96. The second kappa shape index (κ2) is 8.36. The van der Waals surface area contributed by atoms with Crippen LogP contribution in [-0.2, 0) is 9.59 Å². The van der Waals surface area contributed by atoms with Crippen molar-refractivity contribution in [2.24, 2.45) is 0 Å². The maximum absolute atomic E-state index is 13.1. The molecule has 0 unspecified atom stereocenters. The number of aromatic nitrogens is 1. The molecule has 1 N–H and O–H groups in total. The summed E-state index contributed by atoms with van der Waals surface area (Å²) in [4.78, 5) is 31.7. The van der Waals surface area contributed by atoms with E-state index in [1.807, 2.05) is 24.3 Å². The van der Waals surface area contributed by atoms with Crippen LogP contribution in [0.3, 0.4) is 0 Å². The second-order valence-corrected chi connectivity index (χ2v) is 8.12. The molecule has 0 bridgehead atoms. The van der Waals surface area contributed by atoms with Crippen molar-refractivity contribution >= 4 is 34.9 Å². The Morgan fingerprint density at radius 1 is 1.00 bits per heavy atom. The molecule has 1 fully saturated rings. The summed E-state index contributed by atoms with van der Waals surface area (Å²) in [5, 5.41) is 11.6. The van der Waals surface area contributed by atoms with Gasteiger partial charge in [0.25, 0.3) is 5.78 Å². The SMILES string of the molecule is CC(C)c1ccc([C@@H]2C(=C(O)c3ccc(Cl)cc3)C(=O)C(=O)N2c2ccccn2)cc1. The molecule has 6 heteroatoms. The number of amides is 1. The fourth-order valence-electron chi connectivity index (χ4n) is 3.71. The lowest BCUT2D eigenvalue weighted by Gasteiger charge is -2.24. The van der Waals surface area contributed by atoms with Gasteiger partial charge in [-0.1, -0.05) is 55.8 Å². The highest BCUT2D eigenvalue weighted by molar-refractivity contribution is 6.51. The Hall–Kier alpha value is -3.44. The maximum Gasteiger partial charge on any atom is 0.301 e. The van der Waals surface area contributed by atoms with Gasteiger partial charge < -0.3 is 5.11 Å². The molecule has 4 rings (SSSR count). The van der Waals surface area contributed by atoms with E-state index in [0.717, 1.165) is 5.56 Å². The van der Waals surface area contributed by atoms with Gasteiger partial charge in [0, 0.05) is 16.8 Å². The molecule has 1 atom stereocenters. The Morgan fingerprint density at radius 2 is 1.68 bits per heavy atom. The second-order valence-electron chi connectivity index (χ2n) is 7.69. The predicted octanol–water partition coefficient (Wildman–Crippen LogP) is 5.48. The molecule has 156 valence electrons. The lowest BCUT2D eigenvalue weighted by atomic mass is 9.93. The van der Waals surface area contributed by atoms with E-state index in [2.05, 4.69) is 18.8 Å². The van der Waals surface area contributed by atoms with E-state index in [9.17, 15) is 14.7 Å². The highest BCUT2D eigenvalue weighted by Crippen LogP contribution is 2.41. The number of pyridine rings is 1. The van der Waals surface area contributed by atoms with Crippen LogP contribution in [0.4, 0.5) is 5.82 Å². The Morgan fingerprint density at radius 3 is 2.26 bits per heavy atom. The molecule has 3 aromatic rings. The summed E-state index contributed by atoms with van der Waals surface area (Å²) in [6.45, 7) is 4.19. The van der Waals surface area contributed by atoms with Crippen LogP contribution in [0.25, 0.3) is 5.76 Å². The first kappa shape index (κ1) is 20.8. The number of Topliss-reactive ketones (excluding diaryl/α,β-unsaturated/α-hetero) is 1. The third-order valence-electron chi connectivity index (χ3n) is 5.38. The van der Waals surface area contributed by atoms with Crippen LogP contribution in [0, 0.1) is 0 Å². The number of benzene rings is 2. The number of aliphatic hydroxyl groups is 1. The number of hydrogen-bond acceptors (Lipinski definition) is 4. The number of carbonyl (C=O) groups is 2. The molecule has 2 heterocycles. The van der Waals surface area contributed by atoms with Crippen LogP contribution in [0.15, 0.2) is 78.5 Å². The van der Waals surface area contributed by atoms with E-state index in [0.29, 0.717) is 27.9 Å². The Balaban J connectivity index is 1.91. The monoisotopic (exact) mass is 432 g/mol. The molecular formula is C25H21ClN2O3. The van der Waals surface area contributed by atoms with Crippen LogP contribution in [0.2, 0.25) is 5.02 Å². The minimum atomic E-state index is -0.799. The quantitative estimate of drug-likeness (QED) is 0.336. The number of nitrogens with zero attached hydrogens (tertiary/aromatic N) is 2. The molecule has 1 aliphatic heterocycles. The number of aliphatic hydroxyl groups excluding tert-OH is 1. The van der Waals surface area contributed by atoms with Crippen molar-refractivity contribution in [1.82, 2.24) is 4.98 Å². The van der Waals surface area contributed by atoms with Crippen molar-refractivity contribution in [3.05, 3.63) is 100 Å².